The first-order chi connectivity index (χ1) is 12.3. The molecule has 3 aromatic rings. The summed E-state index contributed by atoms with van der Waals surface area (Å²) in [4.78, 5) is 15.0. The summed E-state index contributed by atoms with van der Waals surface area (Å²) in [5.74, 6) is 0.531. The van der Waals surface area contributed by atoms with Crippen LogP contribution in [0.15, 0.2) is 30.5 Å². The van der Waals surface area contributed by atoms with Crippen LogP contribution in [-0.2, 0) is 11.2 Å². The number of amides is 1. The summed E-state index contributed by atoms with van der Waals surface area (Å²) in [5.41, 5.74) is 2.41. The number of carbonyl (C=O) groups is 1. The van der Waals surface area contributed by atoms with Crippen LogP contribution < -0.4 is 10.6 Å². The Bertz CT molecular complexity index is 831. The number of hydrogen-bond donors (Lipinski definition) is 3. The number of nitrogens with one attached hydrogen (secondary N) is 3. The molecule has 0 aliphatic rings. The molecule has 0 bridgehead atoms. The lowest BCUT2D eigenvalue weighted by atomic mass is 10.1. The number of unbranched alkanes of at least 4 members (excludes halogenated alkanes) is 1. The monoisotopic (exact) mass is 377 g/mol. The van der Waals surface area contributed by atoms with E-state index in [9.17, 15) is 4.79 Å². The normalized spacial score (nSPS) is 10.9. The SMILES string of the molecule is O=C(CCCCCl)Nc1nnc(NCCc2c[nH]c3ccccc23)s1. The lowest BCUT2D eigenvalue weighted by Gasteiger charge is -2.01. The van der Waals surface area contributed by atoms with E-state index in [1.54, 1.807) is 0 Å². The third-order valence-electron chi connectivity index (χ3n) is 3.80. The van der Waals surface area contributed by atoms with Gasteiger partial charge in [0.05, 0.1) is 0 Å². The molecule has 1 amide bonds. The third-order valence-corrected chi connectivity index (χ3v) is 4.87. The largest absolute Gasteiger partial charge is 0.361 e. The number of H-pyrrole nitrogens is 1. The van der Waals surface area contributed by atoms with Gasteiger partial charge in [0.25, 0.3) is 0 Å². The highest BCUT2D eigenvalue weighted by molar-refractivity contribution is 7.19. The van der Waals surface area contributed by atoms with Crippen LogP contribution in [0.1, 0.15) is 24.8 Å². The molecule has 0 aliphatic heterocycles. The molecule has 2 heterocycles. The van der Waals surface area contributed by atoms with E-state index in [0.29, 0.717) is 22.6 Å². The average Bonchev–Trinajstić information content (AvgIpc) is 3.23. The van der Waals surface area contributed by atoms with Gasteiger partial charge in [-0.1, -0.05) is 29.5 Å². The Morgan fingerprint density at radius 1 is 1.20 bits per heavy atom. The number of halogens is 1. The van der Waals surface area contributed by atoms with Crippen LogP contribution in [0.2, 0.25) is 0 Å². The number of aromatic nitrogens is 3. The minimum absolute atomic E-state index is 0.0494. The van der Waals surface area contributed by atoms with Crippen molar-refractivity contribution in [2.45, 2.75) is 25.7 Å². The molecular weight excluding hydrogens is 358 g/mol. The van der Waals surface area contributed by atoms with E-state index in [1.807, 2.05) is 18.3 Å². The third kappa shape index (κ3) is 4.93. The van der Waals surface area contributed by atoms with Crippen LogP contribution in [0.3, 0.4) is 0 Å². The molecule has 132 valence electrons. The van der Waals surface area contributed by atoms with Gasteiger partial charge in [-0.25, -0.2) is 0 Å². The van der Waals surface area contributed by atoms with Crippen molar-refractivity contribution in [3.05, 3.63) is 36.0 Å². The molecule has 25 heavy (non-hydrogen) atoms. The fraction of sp³-hybridized carbons (Fsp3) is 0.353. The van der Waals surface area contributed by atoms with Gasteiger partial charge in [0, 0.05) is 35.9 Å². The van der Waals surface area contributed by atoms with Crippen molar-refractivity contribution >= 4 is 50.0 Å². The van der Waals surface area contributed by atoms with Crippen molar-refractivity contribution in [1.29, 1.82) is 0 Å². The Morgan fingerprint density at radius 2 is 2.04 bits per heavy atom. The lowest BCUT2D eigenvalue weighted by molar-refractivity contribution is -0.116. The van der Waals surface area contributed by atoms with E-state index < -0.39 is 0 Å². The van der Waals surface area contributed by atoms with Gasteiger partial charge in [0.2, 0.25) is 16.2 Å². The fourth-order valence-electron chi connectivity index (χ4n) is 2.55. The average molecular weight is 378 g/mol. The zero-order valence-electron chi connectivity index (χ0n) is 13.7. The van der Waals surface area contributed by atoms with Crippen LogP contribution in [0.4, 0.5) is 10.3 Å². The molecule has 0 atom stereocenters. The number of para-hydroxylation sites is 1. The van der Waals surface area contributed by atoms with Gasteiger partial charge in [0.15, 0.2) is 0 Å². The van der Waals surface area contributed by atoms with Crippen LogP contribution in [-0.4, -0.2) is 33.5 Å². The van der Waals surface area contributed by atoms with Gasteiger partial charge in [-0.2, -0.15) is 0 Å². The van der Waals surface area contributed by atoms with Crippen LogP contribution in [0, 0.1) is 0 Å². The van der Waals surface area contributed by atoms with Gasteiger partial charge >= 0.3 is 0 Å². The topological polar surface area (TPSA) is 82.7 Å². The zero-order valence-corrected chi connectivity index (χ0v) is 15.3. The smallest absolute Gasteiger partial charge is 0.226 e. The summed E-state index contributed by atoms with van der Waals surface area (Å²) in [6.07, 6.45) is 4.99. The maximum atomic E-state index is 11.8. The van der Waals surface area contributed by atoms with E-state index >= 15 is 0 Å². The van der Waals surface area contributed by atoms with Crippen molar-refractivity contribution in [3.63, 3.8) is 0 Å². The number of nitrogens with zero attached hydrogens (tertiary/aromatic N) is 2. The second-order valence-electron chi connectivity index (χ2n) is 5.64. The Balaban J connectivity index is 1.46. The summed E-state index contributed by atoms with van der Waals surface area (Å²) in [5, 5.41) is 16.5. The summed E-state index contributed by atoms with van der Waals surface area (Å²) in [7, 11) is 0. The second-order valence-corrected chi connectivity index (χ2v) is 7.00. The predicted molar refractivity (Wildman–Crippen MR) is 104 cm³/mol. The second kappa shape index (κ2) is 8.82. The number of carbonyl (C=O) groups excluding carboxylic acids is 1. The molecule has 0 unspecified atom stereocenters. The van der Waals surface area contributed by atoms with Crippen LogP contribution in [0.5, 0.6) is 0 Å². The maximum absolute atomic E-state index is 11.8. The van der Waals surface area contributed by atoms with Gasteiger partial charge in [-0.15, -0.1) is 21.8 Å². The molecule has 0 spiro atoms. The molecular formula is C17H20ClN5OS. The molecule has 0 radical (unpaired) electrons. The van der Waals surface area contributed by atoms with E-state index in [-0.39, 0.29) is 5.91 Å². The molecule has 6 nitrogen and oxygen atoms in total. The van der Waals surface area contributed by atoms with Gasteiger partial charge in [0.1, 0.15) is 0 Å². The van der Waals surface area contributed by atoms with E-state index in [2.05, 4.69) is 37.9 Å². The Labute approximate surface area is 155 Å². The quantitative estimate of drug-likeness (QED) is 0.388. The summed E-state index contributed by atoms with van der Waals surface area (Å²) >= 11 is 6.95. The van der Waals surface area contributed by atoms with Crippen LogP contribution >= 0.6 is 22.9 Å². The molecule has 0 saturated carbocycles. The first-order valence-corrected chi connectivity index (χ1v) is 9.59. The number of fused-ring (bicyclic) bond motifs is 1. The first kappa shape index (κ1) is 17.7. The minimum Gasteiger partial charge on any atom is -0.361 e. The molecule has 3 rings (SSSR count). The molecule has 2 aromatic heterocycles. The first-order valence-electron chi connectivity index (χ1n) is 8.24. The van der Waals surface area contributed by atoms with E-state index in [1.165, 1.54) is 22.3 Å². The van der Waals surface area contributed by atoms with Crippen molar-refractivity contribution in [3.8, 4) is 0 Å². The van der Waals surface area contributed by atoms with Crippen LogP contribution in [0.25, 0.3) is 10.9 Å². The highest BCUT2D eigenvalue weighted by Gasteiger charge is 2.08. The Hall–Kier alpha value is -2.12. The summed E-state index contributed by atoms with van der Waals surface area (Å²) in [6, 6.07) is 8.25. The number of benzene rings is 1. The minimum atomic E-state index is -0.0494. The molecule has 1 aromatic carbocycles. The lowest BCUT2D eigenvalue weighted by Crippen LogP contribution is -2.10. The van der Waals surface area contributed by atoms with Gasteiger partial charge in [-0.05, 0) is 30.9 Å². The molecule has 0 fully saturated rings. The highest BCUT2D eigenvalue weighted by atomic mass is 35.5. The number of hydrogen-bond acceptors (Lipinski definition) is 5. The Kier molecular flexibility index (Phi) is 6.25. The van der Waals surface area contributed by atoms with Crippen molar-refractivity contribution in [2.75, 3.05) is 23.1 Å². The number of aromatic amines is 1. The van der Waals surface area contributed by atoms with Crippen molar-refractivity contribution < 1.29 is 4.79 Å². The number of anilines is 2. The van der Waals surface area contributed by atoms with E-state index in [4.69, 9.17) is 11.6 Å². The maximum Gasteiger partial charge on any atom is 0.226 e. The fourth-order valence-corrected chi connectivity index (χ4v) is 3.42. The highest BCUT2D eigenvalue weighted by Crippen LogP contribution is 2.21. The van der Waals surface area contributed by atoms with Crippen molar-refractivity contribution in [2.24, 2.45) is 0 Å². The molecule has 3 N–H and O–H groups in total. The standard InChI is InChI=1S/C17H20ClN5OS/c18-9-4-3-7-15(24)21-17-23-22-16(25-17)19-10-8-12-11-20-14-6-2-1-5-13(12)14/h1-2,5-6,11,20H,3-4,7-10H2,(H,19,22)(H,21,23,24). The molecule has 8 heteroatoms. The summed E-state index contributed by atoms with van der Waals surface area (Å²) < 4.78 is 0. The predicted octanol–water partition coefficient (Wildman–Crippen LogP) is 4.02. The van der Waals surface area contributed by atoms with Crippen molar-refractivity contribution in [1.82, 2.24) is 15.2 Å². The van der Waals surface area contributed by atoms with E-state index in [0.717, 1.165) is 31.3 Å². The van der Waals surface area contributed by atoms with Gasteiger partial charge < -0.3 is 15.6 Å². The zero-order chi connectivity index (χ0) is 17.5. The molecule has 0 saturated heterocycles. The van der Waals surface area contributed by atoms with Gasteiger partial charge in [-0.3, -0.25) is 4.79 Å². The summed E-state index contributed by atoms with van der Waals surface area (Å²) in [6.45, 7) is 0.750. The molecule has 0 aliphatic carbocycles. The Morgan fingerprint density at radius 3 is 2.92 bits per heavy atom. The number of alkyl halides is 1. The number of rotatable bonds is 9.